The molecule has 4 rings (SSSR count). The number of aliphatic hydroxyl groups excluding tert-OH is 1. The molecule has 36 heavy (non-hydrogen) atoms. The number of aromatic hydroxyl groups is 1. The molecule has 0 saturated carbocycles. The normalized spacial score (nSPS) is 19.3. The number of aliphatic hydroxyl groups is 1. The summed E-state index contributed by atoms with van der Waals surface area (Å²) in [5, 5.41) is 22.7. The van der Waals surface area contributed by atoms with Gasteiger partial charge in [0.2, 0.25) is 11.6 Å². The number of fused-ring (bicyclic) bond motifs is 2. The van der Waals surface area contributed by atoms with Crippen LogP contribution in [0.15, 0.2) is 24.3 Å². The second kappa shape index (κ2) is 7.81. The second-order valence-electron chi connectivity index (χ2n) is 14.0. The Kier molecular flexibility index (Phi) is 5.68. The van der Waals surface area contributed by atoms with Crippen LogP contribution in [-0.2, 0) is 26.5 Å². The first-order chi connectivity index (χ1) is 16.3. The van der Waals surface area contributed by atoms with Gasteiger partial charge in [0.1, 0.15) is 11.5 Å². The summed E-state index contributed by atoms with van der Waals surface area (Å²) < 4.78 is 0. The lowest BCUT2D eigenvalue weighted by Crippen LogP contribution is -2.35. The van der Waals surface area contributed by atoms with Gasteiger partial charge in [0.05, 0.1) is 5.57 Å². The SMILES string of the molecule is CC(C)(C)c1cc(C2=C(O)c3cc4c(cc3C(=O)C2=O)C(C)(C)CCC4(C)C)cc(C(C)(C)C)c1O. The number of hydrogen-bond donors (Lipinski definition) is 2. The summed E-state index contributed by atoms with van der Waals surface area (Å²) in [7, 11) is 0. The first-order valence-electron chi connectivity index (χ1n) is 12.9. The molecule has 0 atom stereocenters. The summed E-state index contributed by atoms with van der Waals surface area (Å²) in [6.45, 7) is 20.7. The third-order valence-electron chi connectivity index (χ3n) is 8.18. The number of benzene rings is 2. The van der Waals surface area contributed by atoms with Crippen molar-refractivity contribution in [3.05, 3.63) is 63.2 Å². The van der Waals surface area contributed by atoms with Crippen LogP contribution in [-0.4, -0.2) is 21.8 Å². The smallest absolute Gasteiger partial charge is 0.237 e. The predicted molar refractivity (Wildman–Crippen MR) is 146 cm³/mol. The zero-order chi connectivity index (χ0) is 27.2. The van der Waals surface area contributed by atoms with Crippen LogP contribution in [0.25, 0.3) is 11.3 Å². The standard InChI is InChI=1S/C32H40O4/c1-29(2,3)22-13-17(14-23(27(22)35)30(4,5)6)24-25(33)18-15-20-21(16-19(18)26(34)28(24)36)32(9,10)12-11-31(20,7)8/h13-16,33,35H,11-12H2,1-10H3. The number of phenolic OH excluding ortho intramolecular Hbond substituents is 1. The maximum Gasteiger partial charge on any atom is 0.237 e. The van der Waals surface area contributed by atoms with Crippen molar-refractivity contribution in [2.75, 3.05) is 0 Å². The molecular formula is C32H40O4. The van der Waals surface area contributed by atoms with Gasteiger partial charge in [-0.25, -0.2) is 0 Å². The maximum atomic E-state index is 13.5. The van der Waals surface area contributed by atoms with E-state index < -0.39 is 22.4 Å². The molecule has 2 aliphatic carbocycles. The fraction of sp³-hybridized carbons (Fsp3) is 0.500. The highest BCUT2D eigenvalue weighted by Gasteiger charge is 2.42. The Balaban J connectivity index is 2.06. The fourth-order valence-corrected chi connectivity index (χ4v) is 5.67. The van der Waals surface area contributed by atoms with Crippen molar-refractivity contribution in [2.45, 2.75) is 104 Å². The Hall–Kier alpha value is -2.88. The van der Waals surface area contributed by atoms with Crippen LogP contribution in [0, 0.1) is 0 Å². The number of allylic oxidation sites excluding steroid dienone is 1. The Morgan fingerprint density at radius 3 is 1.50 bits per heavy atom. The van der Waals surface area contributed by atoms with E-state index in [4.69, 9.17) is 0 Å². The number of Topliss-reactive ketones (excluding diaryl/α,β-unsaturated/α-hetero) is 2. The molecule has 0 bridgehead atoms. The lowest BCUT2D eigenvalue weighted by atomic mass is 9.62. The van der Waals surface area contributed by atoms with Crippen molar-refractivity contribution >= 4 is 22.9 Å². The number of ketones is 2. The molecular weight excluding hydrogens is 448 g/mol. The molecule has 0 fully saturated rings. The molecule has 2 N–H and O–H groups in total. The second-order valence-corrected chi connectivity index (χ2v) is 14.0. The van der Waals surface area contributed by atoms with E-state index in [1.807, 2.05) is 53.7 Å². The molecule has 0 aliphatic heterocycles. The highest BCUT2D eigenvalue weighted by molar-refractivity contribution is 6.62. The molecule has 4 heteroatoms. The van der Waals surface area contributed by atoms with E-state index in [9.17, 15) is 19.8 Å². The largest absolute Gasteiger partial charge is 0.507 e. The van der Waals surface area contributed by atoms with E-state index in [0.717, 1.165) is 24.0 Å². The molecule has 192 valence electrons. The van der Waals surface area contributed by atoms with Gasteiger partial charge in [0.15, 0.2) is 0 Å². The monoisotopic (exact) mass is 488 g/mol. The van der Waals surface area contributed by atoms with Crippen LogP contribution in [0.5, 0.6) is 5.75 Å². The van der Waals surface area contributed by atoms with Crippen molar-refractivity contribution in [1.29, 1.82) is 0 Å². The molecule has 0 amide bonds. The quantitative estimate of drug-likeness (QED) is 0.407. The molecule has 2 aromatic rings. The molecule has 0 saturated heterocycles. The first kappa shape index (κ1) is 26.2. The Morgan fingerprint density at radius 1 is 0.667 bits per heavy atom. The summed E-state index contributed by atoms with van der Waals surface area (Å²) in [6, 6.07) is 7.27. The molecule has 0 aromatic heterocycles. The number of phenols is 1. The molecule has 2 aliphatic rings. The van der Waals surface area contributed by atoms with E-state index in [1.165, 1.54) is 0 Å². The van der Waals surface area contributed by atoms with Gasteiger partial charge in [-0.1, -0.05) is 69.2 Å². The summed E-state index contributed by atoms with van der Waals surface area (Å²) in [5.74, 6) is -1.28. The van der Waals surface area contributed by atoms with E-state index in [1.54, 1.807) is 12.1 Å². The van der Waals surface area contributed by atoms with Crippen LogP contribution in [0.2, 0.25) is 0 Å². The summed E-state index contributed by atoms with van der Waals surface area (Å²) in [4.78, 5) is 27.0. The summed E-state index contributed by atoms with van der Waals surface area (Å²) in [6.07, 6.45) is 1.98. The highest BCUT2D eigenvalue weighted by atomic mass is 16.3. The zero-order valence-corrected chi connectivity index (χ0v) is 23.4. The van der Waals surface area contributed by atoms with Gasteiger partial charge in [-0.2, -0.15) is 0 Å². The molecule has 0 spiro atoms. The Bertz CT molecular complexity index is 1300. The summed E-state index contributed by atoms with van der Waals surface area (Å²) in [5.41, 5.74) is 3.64. The first-order valence-corrected chi connectivity index (χ1v) is 12.9. The van der Waals surface area contributed by atoms with Gasteiger partial charge in [-0.05, 0) is 75.5 Å². The van der Waals surface area contributed by atoms with Crippen LogP contribution in [0.1, 0.15) is 126 Å². The number of carbonyl (C=O) groups is 2. The van der Waals surface area contributed by atoms with Crippen molar-refractivity contribution in [3.63, 3.8) is 0 Å². The maximum absolute atomic E-state index is 13.5. The Labute approximate surface area is 215 Å². The van der Waals surface area contributed by atoms with Crippen molar-refractivity contribution < 1.29 is 19.8 Å². The number of carbonyl (C=O) groups excluding carboxylic acids is 2. The zero-order valence-electron chi connectivity index (χ0n) is 23.4. The minimum atomic E-state index is -0.710. The summed E-state index contributed by atoms with van der Waals surface area (Å²) >= 11 is 0. The van der Waals surface area contributed by atoms with Crippen molar-refractivity contribution in [1.82, 2.24) is 0 Å². The van der Waals surface area contributed by atoms with E-state index in [0.29, 0.717) is 22.3 Å². The molecule has 2 aromatic carbocycles. The Morgan fingerprint density at radius 2 is 1.08 bits per heavy atom. The molecule has 0 unspecified atom stereocenters. The highest BCUT2D eigenvalue weighted by Crippen LogP contribution is 2.49. The minimum Gasteiger partial charge on any atom is -0.507 e. The van der Waals surface area contributed by atoms with Gasteiger partial charge >= 0.3 is 0 Å². The lowest BCUT2D eigenvalue weighted by Gasteiger charge is -2.42. The van der Waals surface area contributed by atoms with E-state index in [-0.39, 0.29) is 33.5 Å². The third-order valence-corrected chi connectivity index (χ3v) is 8.18. The molecule has 4 nitrogen and oxygen atoms in total. The molecule has 0 heterocycles. The third kappa shape index (κ3) is 3.99. The van der Waals surface area contributed by atoms with Gasteiger partial charge in [0.25, 0.3) is 0 Å². The van der Waals surface area contributed by atoms with Crippen molar-refractivity contribution in [2.24, 2.45) is 0 Å². The lowest BCUT2D eigenvalue weighted by molar-refractivity contribution is -0.110. The van der Waals surface area contributed by atoms with Gasteiger partial charge < -0.3 is 10.2 Å². The van der Waals surface area contributed by atoms with Crippen LogP contribution < -0.4 is 0 Å². The number of rotatable bonds is 1. The van der Waals surface area contributed by atoms with E-state index in [2.05, 4.69) is 27.7 Å². The average Bonchev–Trinajstić information content (AvgIpc) is 2.74. The van der Waals surface area contributed by atoms with E-state index >= 15 is 0 Å². The van der Waals surface area contributed by atoms with Crippen molar-refractivity contribution in [3.8, 4) is 5.75 Å². The fourth-order valence-electron chi connectivity index (χ4n) is 5.67. The topological polar surface area (TPSA) is 74.6 Å². The average molecular weight is 489 g/mol. The predicted octanol–water partition coefficient (Wildman–Crippen LogP) is 7.53. The van der Waals surface area contributed by atoms with Gasteiger partial charge in [-0.15, -0.1) is 0 Å². The van der Waals surface area contributed by atoms with Crippen LogP contribution in [0.3, 0.4) is 0 Å². The van der Waals surface area contributed by atoms with Crippen LogP contribution in [0.4, 0.5) is 0 Å². The minimum absolute atomic E-state index is 0.0105. The van der Waals surface area contributed by atoms with Crippen LogP contribution >= 0.6 is 0 Å². The van der Waals surface area contributed by atoms with Gasteiger partial charge in [-0.3, -0.25) is 9.59 Å². The number of hydrogen-bond acceptors (Lipinski definition) is 4. The van der Waals surface area contributed by atoms with Gasteiger partial charge in [0, 0.05) is 22.3 Å². The molecule has 0 radical (unpaired) electrons.